The maximum absolute atomic E-state index is 12.3. The molecule has 8 nitrogen and oxygen atoms in total. The molecule has 1 aromatic heterocycles. The van der Waals surface area contributed by atoms with E-state index in [1.807, 2.05) is 12.1 Å². The lowest BCUT2D eigenvalue weighted by Crippen LogP contribution is -2.31. The SMILES string of the molecule is O=C1COc2ccc(N3CC(CCCNC4Cc5cccc(Cl)c5C4)OC3=O)nc2N1. The van der Waals surface area contributed by atoms with Crippen LogP contribution in [0.1, 0.15) is 24.0 Å². The van der Waals surface area contributed by atoms with E-state index in [1.54, 1.807) is 12.1 Å². The lowest BCUT2D eigenvalue weighted by molar-refractivity contribution is -0.118. The summed E-state index contributed by atoms with van der Waals surface area (Å²) in [6, 6.07) is 9.89. The van der Waals surface area contributed by atoms with Crippen molar-refractivity contribution in [1.82, 2.24) is 10.3 Å². The van der Waals surface area contributed by atoms with E-state index in [0.29, 0.717) is 30.0 Å². The molecule has 2 atom stereocenters. The molecule has 0 bridgehead atoms. The van der Waals surface area contributed by atoms with Crippen molar-refractivity contribution in [3.05, 3.63) is 46.5 Å². The summed E-state index contributed by atoms with van der Waals surface area (Å²) in [6.45, 7) is 1.25. The van der Waals surface area contributed by atoms with Gasteiger partial charge in [-0.1, -0.05) is 23.7 Å². The van der Waals surface area contributed by atoms with Crippen LogP contribution < -0.4 is 20.3 Å². The molecular formula is C22H23ClN4O4. The molecule has 5 rings (SSSR count). The smallest absolute Gasteiger partial charge is 0.415 e. The molecule has 2 aliphatic heterocycles. The first kappa shape index (κ1) is 20.1. The van der Waals surface area contributed by atoms with Crippen LogP contribution in [0, 0.1) is 0 Å². The molecule has 2 unspecified atom stereocenters. The Morgan fingerprint density at radius 1 is 1.23 bits per heavy atom. The molecule has 2 N–H and O–H groups in total. The van der Waals surface area contributed by atoms with Crippen molar-refractivity contribution in [2.45, 2.75) is 37.8 Å². The molecule has 3 heterocycles. The second kappa shape index (κ2) is 8.36. The molecular weight excluding hydrogens is 420 g/mol. The Hall–Kier alpha value is -2.84. The zero-order chi connectivity index (χ0) is 21.4. The number of aromatic nitrogens is 1. The third kappa shape index (κ3) is 4.18. The van der Waals surface area contributed by atoms with Crippen molar-refractivity contribution in [2.75, 3.05) is 29.9 Å². The van der Waals surface area contributed by atoms with Gasteiger partial charge in [-0.2, -0.15) is 0 Å². The number of hydrogen-bond donors (Lipinski definition) is 2. The quantitative estimate of drug-likeness (QED) is 0.668. The van der Waals surface area contributed by atoms with Gasteiger partial charge in [0.15, 0.2) is 18.2 Å². The Morgan fingerprint density at radius 2 is 2.13 bits per heavy atom. The highest BCUT2D eigenvalue weighted by Gasteiger charge is 2.33. The predicted octanol–water partition coefficient (Wildman–Crippen LogP) is 2.93. The van der Waals surface area contributed by atoms with Gasteiger partial charge in [0.2, 0.25) is 0 Å². The average Bonchev–Trinajstić information content (AvgIpc) is 3.34. The molecule has 1 saturated heterocycles. The summed E-state index contributed by atoms with van der Waals surface area (Å²) in [6.07, 6.45) is 2.99. The maximum Gasteiger partial charge on any atom is 0.415 e. The summed E-state index contributed by atoms with van der Waals surface area (Å²) >= 11 is 6.29. The van der Waals surface area contributed by atoms with Gasteiger partial charge in [0, 0.05) is 11.1 Å². The van der Waals surface area contributed by atoms with Gasteiger partial charge in [0.05, 0.1) is 6.54 Å². The highest BCUT2D eigenvalue weighted by molar-refractivity contribution is 6.31. The minimum atomic E-state index is -0.422. The van der Waals surface area contributed by atoms with Crippen molar-refractivity contribution in [3.8, 4) is 5.75 Å². The van der Waals surface area contributed by atoms with Crippen LogP contribution in [0.15, 0.2) is 30.3 Å². The Morgan fingerprint density at radius 3 is 3.00 bits per heavy atom. The second-order valence-corrected chi connectivity index (χ2v) is 8.46. The summed E-state index contributed by atoms with van der Waals surface area (Å²) in [5.41, 5.74) is 2.57. The summed E-state index contributed by atoms with van der Waals surface area (Å²) < 4.78 is 10.8. The number of ether oxygens (including phenoxy) is 2. The minimum Gasteiger partial charge on any atom is -0.480 e. The molecule has 9 heteroatoms. The summed E-state index contributed by atoms with van der Waals surface area (Å²) in [5, 5.41) is 7.10. The Kier molecular flexibility index (Phi) is 5.41. The number of benzene rings is 1. The monoisotopic (exact) mass is 442 g/mol. The molecule has 3 aliphatic rings. The van der Waals surface area contributed by atoms with Crippen LogP contribution in [0.25, 0.3) is 0 Å². The number of carbonyl (C=O) groups is 2. The predicted molar refractivity (Wildman–Crippen MR) is 116 cm³/mol. The van der Waals surface area contributed by atoms with E-state index in [9.17, 15) is 9.59 Å². The van der Waals surface area contributed by atoms with Crippen LogP contribution in [0.3, 0.4) is 0 Å². The molecule has 2 amide bonds. The van der Waals surface area contributed by atoms with Crippen LogP contribution in [0.4, 0.5) is 16.4 Å². The second-order valence-electron chi connectivity index (χ2n) is 8.05. The number of nitrogens with zero attached hydrogens (tertiary/aromatic N) is 2. The summed E-state index contributed by atoms with van der Waals surface area (Å²) in [7, 11) is 0. The Bertz CT molecular complexity index is 1030. The van der Waals surface area contributed by atoms with E-state index in [-0.39, 0.29) is 18.6 Å². The molecule has 1 fully saturated rings. The standard InChI is InChI=1S/C22H23ClN4O4/c23-17-5-1-3-13-9-14(10-16(13)17)24-8-2-4-15-11-27(22(29)31-15)19-7-6-18-21(25-19)26-20(28)12-30-18/h1,3,5-7,14-15,24H,2,4,8-12H2,(H,25,26,28). The van der Waals surface area contributed by atoms with Gasteiger partial charge in [0.25, 0.3) is 5.91 Å². The van der Waals surface area contributed by atoms with E-state index in [4.69, 9.17) is 21.1 Å². The molecule has 1 aromatic carbocycles. The van der Waals surface area contributed by atoms with E-state index in [2.05, 4.69) is 21.7 Å². The number of cyclic esters (lactones) is 1. The number of anilines is 2. The van der Waals surface area contributed by atoms with Gasteiger partial charge in [-0.3, -0.25) is 9.69 Å². The first-order chi connectivity index (χ1) is 15.1. The highest BCUT2D eigenvalue weighted by Crippen LogP contribution is 2.31. The number of nitrogens with one attached hydrogen (secondary N) is 2. The first-order valence-corrected chi connectivity index (χ1v) is 10.9. The molecule has 0 saturated carbocycles. The zero-order valence-corrected chi connectivity index (χ0v) is 17.7. The molecule has 0 radical (unpaired) electrons. The van der Waals surface area contributed by atoms with Crippen molar-refractivity contribution in [3.63, 3.8) is 0 Å². The van der Waals surface area contributed by atoms with Crippen LogP contribution in [0.5, 0.6) is 5.75 Å². The van der Waals surface area contributed by atoms with Gasteiger partial charge in [-0.05, 0) is 61.6 Å². The van der Waals surface area contributed by atoms with Gasteiger partial charge >= 0.3 is 6.09 Å². The number of pyridine rings is 1. The Labute approximate surface area is 184 Å². The fraction of sp³-hybridized carbons (Fsp3) is 0.409. The normalized spacial score (nSPS) is 21.9. The minimum absolute atomic E-state index is 0.0319. The van der Waals surface area contributed by atoms with Gasteiger partial charge < -0.3 is 20.1 Å². The highest BCUT2D eigenvalue weighted by atomic mass is 35.5. The van der Waals surface area contributed by atoms with E-state index < -0.39 is 6.09 Å². The Balaban J connectivity index is 1.10. The van der Waals surface area contributed by atoms with E-state index >= 15 is 0 Å². The number of hydrogen-bond acceptors (Lipinski definition) is 6. The topological polar surface area (TPSA) is 92.8 Å². The van der Waals surface area contributed by atoms with Crippen LogP contribution in [-0.2, 0) is 22.4 Å². The van der Waals surface area contributed by atoms with Crippen molar-refractivity contribution in [2.24, 2.45) is 0 Å². The lowest BCUT2D eigenvalue weighted by Gasteiger charge is -2.19. The van der Waals surface area contributed by atoms with Gasteiger partial charge in [0.1, 0.15) is 11.9 Å². The molecule has 162 valence electrons. The van der Waals surface area contributed by atoms with E-state index in [1.165, 1.54) is 16.0 Å². The molecule has 31 heavy (non-hydrogen) atoms. The van der Waals surface area contributed by atoms with Crippen molar-refractivity contribution >= 4 is 35.2 Å². The lowest BCUT2D eigenvalue weighted by atomic mass is 10.1. The van der Waals surface area contributed by atoms with Crippen LogP contribution in [-0.4, -0.2) is 48.8 Å². The molecule has 2 aromatic rings. The number of fused-ring (bicyclic) bond motifs is 2. The number of halogens is 1. The number of carbonyl (C=O) groups excluding carboxylic acids is 2. The third-order valence-corrected chi connectivity index (χ3v) is 6.23. The summed E-state index contributed by atoms with van der Waals surface area (Å²) in [4.78, 5) is 29.7. The van der Waals surface area contributed by atoms with Gasteiger partial charge in [-0.15, -0.1) is 0 Å². The van der Waals surface area contributed by atoms with Crippen molar-refractivity contribution in [1.29, 1.82) is 0 Å². The first-order valence-electron chi connectivity index (χ1n) is 10.5. The summed E-state index contributed by atoms with van der Waals surface area (Å²) in [5.74, 6) is 0.996. The number of rotatable bonds is 6. The van der Waals surface area contributed by atoms with E-state index in [0.717, 1.165) is 37.3 Å². The molecule has 1 aliphatic carbocycles. The average molecular weight is 443 g/mol. The maximum atomic E-state index is 12.3. The molecule has 0 spiro atoms. The fourth-order valence-electron chi connectivity index (χ4n) is 4.35. The zero-order valence-electron chi connectivity index (χ0n) is 16.9. The van der Waals surface area contributed by atoms with Gasteiger partial charge in [-0.25, -0.2) is 9.78 Å². The van der Waals surface area contributed by atoms with Crippen LogP contribution in [0.2, 0.25) is 5.02 Å². The largest absolute Gasteiger partial charge is 0.480 e. The van der Waals surface area contributed by atoms with Crippen LogP contribution >= 0.6 is 11.6 Å². The number of amides is 2. The fourth-order valence-corrected chi connectivity index (χ4v) is 4.62. The third-order valence-electron chi connectivity index (χ3n) is 5.88. The van der Waals surface area contributed by atoms with Crippen molar-refractivity contribution < 1.29 is 19.1 Å².